The molecule has 2 aliphatic heterocycles. The minimum Gasteiger partial charge on any atom is -0.481 e. The zero-order chi connectivity index (χ0) is 27.5. The molecular formula is C30H46N2O6. The van der Waals surface area contributed by atoms with Crippen molar-refractivity contribution >= 4 is 18.0 Å². The van der Waals surface area contributed by atoms with E-state index in [0.29, 0.717) is 57.5 Å². The highest BCUT2D eigenvalue weighted by Crippen LogP contribution is 2.27. The molecule has 212 valence electrons. The topological polar surface area (TPSA) is 116 Å². The van der Waals surface area contributed by atoms with E-state index < -0.39 is 17.9 Å². The van der Waals surface area contributed by atoms with Crippen molar-refractivity contribution in [3.8, 4) is 0 Å². The Morgan fingerprint density at radius 1 is 0.947 bits per heavy atom. The number of nitrogens with one attached hydrogen (secondary N) is 1. The fourth-order valence-electron chi connectivity index (χ4n) is 5.93. The number of carboxylic acid groups (broad SMARTS) is 2. The van der Waals surface area contributed by atoms with Crippen molar-refractivity contribution < 1.29 is 29.3 Å². The molecule has 2 heterocycles. The van der Waals surface area contributed by atoms with Gasteiger partial charge in [0.2, 0.25) is 0 Å². The van der Waals surface area contributed by atoms with Gasteiger partial charge in [0.1, 0.15) is 6.10 Å². The Morgan fingerprint density at radius 2 is 1.63 bits per heavy atom. The molecule has 0 bridgehead atoms. The van der Waals surface area contributed by atoms with Gasteiger partial charge in [-0.2, -0.15) is 0 Å². The van der Waals surface area contributed by atoms with Crippen molar-refractivity contribution in [1.82, 2.24) is 10.2 Å². The lowest BCUT2D eigenvalue weighted by Gasteiger charge is -2.42. The molecule has 4 atom stereocenters. The van der Waals surface area contributed by atoms with Gasteiger partial charge in [0.15, 0.2) is 0 Å². The number of hydrogen-bond acceptors (Lipinski definition) is 5. The summed E-state index contributed by atoms with van der Waals surface area (Å²) >= 11 is 0. The van der Waals surface area contributed by atoms with Gasteiger partial charge in [0.25, 0.3) is 0 Å². The number of amides is 1. The van der Waals surface area contributed by atoms with Crippen LogP contribution in [0.3, 0.4) is 0 Å². The van der Waals surface area contributed by atoms with Crippen molar-refractivity contribution in [3.63, 3.8) is 0 Å². The summed E-state index contributed by atoms with van der Waals surface area (Å²) in [5.74, 6) is -2.33. The van der Waals surface area contributed by atoms with Gasteiger partial charge in [-0.25, -0.2) is 4.79 Å². The van der Waals surface area contributed by atoms with E-state index in [4.69, 9.17) is 4.74 Å². The molecule has 1 aromatic rings. The third-order valence-electron chi connectivity index (χ3n) is 8.44. The Morgan fingerprint density at radius 3 is 2.29 bits per heavy atom. The number of fused-ring (bicyclic) bond motifs is 1. The lowest BCUT2D eigenvalue weighted by Crippen LogP contribution is -2.49. The maximum absolute atomic E-state index is 12.4. The Bertz CT molecular complexity index is 935. The summed E-state index contributed by atoms with van der Waals surface area (Å²) < 4.78 is 5.71. The van der Waals surface area contributed by atoms with E-state index in [1.165, 1.54) is 19.3 Å². The zero-order valence-corrected chi connectivity index (χ0v) is 23.1. The molecule has 2 aliphatic rings. The predicted molar refractivity (Wildman–Crippen MR) is 146 cm³/mol. The van der Waals surface area contributed by atoms with Crippen molar-refractivity contribution in [1.29, 1.82) is 0 Å². The van der Waals surface area contributed by atoms with Crippen LogP contribution in [0.25, 0.3) is 0 Å². The highest BCUT2D eigenvalue weighted by atomic mass is 16.6. The SMILES string of the molecule is CCC(CCc1ccc(CCNC(=O)OC2CCC3CCCCN3C2)cc1CCC(CC)C(=O)O)C(=O)O. The van der Waals surface area contributed by atoms with E-state index in [1.54, 1.807) is 0 Å². The average Bonchev–Trinajstić information content (AvgIpc) is 2.89. The van der Waals surface area contributed by atoms with Gasteiger partial charge >= 0.3 is 18.0 Å². The maximum Gasteiger partial charge on any atom is 0.407 e. The van der Waals surface area contributed by atoms with Crippen LogP contribution in [0.15, 0.2) is 18.2 Å². The fourth-order valence-corrected chi connectivity index (χ4v) is 5.93. The Labute approximate surface area is 227 Å². The number of aliphatic carboxylic acids is 2. The summed E-state index contributed by atoms with van der Waals surface area (Å²) in [4.78, 5) is 37.9. The van der Waals surface area contributed by atoms with E-state index in [9.17, 15) is 24.6 Å². The first-order valence-corrected chi connectivity index (χ1v) is 14.5. The quantitative estimate of drug-likeness (QED) is 0.308. The smallest absolute Gasteiger partial charge is 0.407 e. The Kier molecular flexibility index (Phi) is 11.9. The summed E-state index contributed by atoms with van der Waals surface area (Å²) in [5.41, 5.74) is 3.21. The van der Waals surface area contributed by atoms with Crippen LogP contribution in [-0.4, -0.2) is 64.9 Å². The van der Waals surface area contributed by atoms with Gasteiger partial charge in [-0.3, -0.25) is 14.5 Å². The second kappa shape index (κ2) is 15.1. The molecule has 3 rings (SSSR count). The standard InChI is InChI=1S/C30H46N2O6/c1-3-22(28(33)34)10-12-24-9-8-21(19-25(24)13-11-23(4-2)29(35)36)16-17-31-30(37)38-27-15-14-26-7-5-6-18-32(26)20-27/h8-9,19,22-23,26-27H,3-7,10-18,20H2,1-2H3,(H,31,37)(H,33,34)(H,35,36). The molecule has 0 aromatic heterocycles. The number of piperidine rings is 2. The molecule has 0 aliphatic carbocycles. The number of nitrogens with zero attached hydrogens (tertiary/aromatic N) is 1. The van der Waals surface area contributed by atoms with Crippen molar-refractivity contribution in [2.75, 3.05) is 19.6 Å². The second-order valence-corrected chi connectivity index (χ2v) is 11.0. The number of carboxylic acids is 2. The number of alkyl carbamates (subject to hydrolysis) is 1. The molecule has 2 saturated heterocycles. The van der Waals surface area contributed by atoms with Crippen LogP contribution in [0.5, 0.6) is 0 Å². The minimum atomic E-state index is -0.779. The van der Waals surface area contributed by atoms with Gasteiger partial charge in [-0.05, 0) is 93.9 Å². The molecule has 0 spiro atoms. The third-order valence-corrected chi connectivity index (χ3v) is 8.44. The number of aryl methyl sites for hydroxylation is 2. The highest BCUT2D eigenvalue weighted by Gasteiger charge is 2.31. The van der Waals surface area contributed by atoms with Gasteiger partial charge in [0.05, 0.1) is 11.8 Å². The van der Waals surface area contributed by atoms with Crippen LogP contribution in [0.4, 0.5) is 4.79 Å². The van der Waals surface area contributed by atoms with E-state index in [2.05, 4.69) is 16.3 Å². The number of carbonyl (C=O) groups is 3. The average molecular weight is 531 g/mol. The molecule has 4 unspecified atom stereocenters. The summed E-state index contributed by atoms with van der Waals surface area (Å²) in [5, 5.41) is 21.8. The van der Waals surface area contributed by atoms with Crippen LogP contribution in [0, 0.1) is 11.8 Å². The first kappa shape index (κ1) is 29.9. The minimum absolute atomic E-state index is 0.0475. The Balaban J connectivity index is 1.54. The molecule has 8 nitrogen and oxygen atoms in total. The number of rotatable bonds is 14. The first-order valence-electron chi connectivity index (χ1n) is 14.5. The van der Waals surface area contributed by atoms with Crippen molar-refractivity contribution in [3.05, 3.63) is 34.9 Å². The van der Waals surface area contributed by atoms with Gasteiger partial charge in [-0.1, -0.05) is 38.5 Å². The molecule has 0 saturated carbocycles. The van der Waals surface area contributed by atoms with E-state index >= 15 is 0 Å². The lowest BCUT2D eigenvalue weighted by molar-refractivity contribution is -0.143. The van der Waals surface area contributed by atoms with Gasteiger partial charge < -0.3 is 20.3 Å². The monoisotopic (exact) mass is 530 g/mol. The molecule has 2 fully saturated rings. The third kappa shape index (κ3) is 9.00. The maximum atomic E-state index is 12.4. The molecule has 38 heavy (non-hydrogen) atoms. The number of ether oxygens (including phenoxy) is 1. The molecule has 1 amide bonds. The summed E-state index contributed by atoms with van der Waals surface area (Å²) in [6.07, 6.45) is 9.58. The van der Waals surface area contributed by atoms with E-state index in [1.807, 2.05) is 26.0 Å². The number of benzene rings is 1. The van der Waals surface area contributed by atoms with Crippen LogP contribution >= 0.6 is 0 Å². The normalized spacial score (nSPS) is 21.2. The van der Waals surface area contributed by atoms with Gasteiger partial charge in [-0.15, -0.1) is 0 Å². The molecule has 0 radical (unpaired) electrons. The van der Waals surface area contributed by atoms with Crippen LogP contribution in [0.2, 0.25) is 0 Å². The Hall–Kier alpha value is -2.61. The van der Waals surface area contributed by atoms with Crippen LogP contribution in [-0.2, 0) is 33.6 Å². The largest absolute Gasteiger partial charge is 0.481 e. The summed E-state index contributed by atoms with van der Waals surface area (Å²) in [7, 11) is 0. The predicted octanol–water partition coefficient (Wildman–Crippen LogP) is 5.06. The summed E-state index contributed by atoms with van der Waals surface area (Å²) in [6.45, 7) is 6.17. The summed E-state index contributed by atoms with van der Waals surface area (Å²) in [6, 6.07) is 6.82. The molecule has 8 heteroatoms. The molecular weight excluding hydrogens is 484 g/mol. The van der Waals surface area contributed by atoms with Gasteiger partial charge in [0, 0.05) is 19.1 Å². The van der Waals surface area contributed by atoms with E-state index in [-0.39, 0.29) is 18.1 Å². The highest BCUT2D eigenvalue weighted by molar-refractivity contribution is 5.70. The van der Waals surface area contributed by atoms with Crippen molar-refractivity contribution in [2.24, 2.45) is 11.8 Å². The van der Waals surface area contributed by atoms with Crippen LogP contribution < -0.4 is 5.32 Å². The molecule has 1 aromatic carbocycles. The van der Waals surface area contributed by atoms with Crippen molar-refractivity contribution in [2.45, 2.75) is 103 Å². The fraction of sp³-hybridized carbons (Fsp3) is 0.700. The molecule has 3 N–H and O–H groups in total. The number of hydrogen-bond donors (Lipinski definition) is 3. The number of carbonyl (C=O) groups excluding carboxylic acids is 1. The van der Waals surface area contributed by atoms with Crippen LogP contribution in [0.1, 0.15) is 88.3 Å². The lowest BCUT2D eigenvalue weighted by atomic mass is 9.89. The second-order valence-electron chi connectivity index (χ2n) is 11.0. The van der Waals surface area contributed by atoms with E-state index in [0.717, 1.165) is 42.6 Å². The first-order chi connectivity index (χ1) is 18.3. The zero-order valence-electron chi connectivity index (χ0n) is 23.1.